The number of nitrogens with zero attached hydrogens (tertiary/aromatic N) is 1. The van der Waals surface area contributed by atoms with Crippen molar-refractivity contribution in [1.29, 1.82) is 0 Å². The lowest BCUT2D eigenvalue weighted by atomic mass is 10.0. The Morgan fingerprint density at radius 1 is 1.06 bits per heavy atom. The lowest BCUT2D eigenvalue weighted by Gasteiger charge is -2.20. The Kier molecular flexibility index (Phi) is 5.93. The van der Waals surface area contributed by atoms with Crippen LogP contribution in [-0.2, 0) is 4.79 Å². The van der Waals surface area contributed by atoms with E-state index in [1.807, 2.05) is 38.1 Å². The second kappa shape index (κ2) is 8.97. The molecule has 1 aliphatic rings. The zero-order valence-electron chi connectivity index (χ0n) is 17.7. The molecule has 1 atom stereocenters. The number of hydrogen-bond donors (Lipinski definition) is 3. The number of ether oxygens (including phenoxy) is 2. The van der Waals surface area contributed by atoms with Crippen molar-refractivity contribution in [2.75, 3.05) is 6.79 Å². The summed E-state index contributed by atoms with van der Waals surface area (Å²) in [7, 11) is 0. The Balaban J connectivity index is 1.46. The SMILES string of the molecule is CC(C)[C@H](NC(=O)c1ccc2c(c1)OCO2)C(=O)N/N=C/c1c(O)ccc2ccccc12. The van der Waals surface area contributed by atoms with Gasteiger partial charge in [-0.05, 0) is 41.0 Å². The zero-order chi connectivity index (χ0) is 22.7. The second-order valence-corrected chi connectivity index (χ2v) is 7.72. The summed E-state index contributed by atoms with van der Waals surface area (Å²) in [6.45, 7) is 3.76. The highest BCUT2D eigenvalue weighted by Crippen LogP contribution is 2.32. The molecule has 32 heavy (non-hydrogen) atoms. The van der Waals surface area contributed by atoms with Gasteiger partial charge in [0.25, 0.3) is 11.8 Å². The third-order valence-electron chi connectivity index (χ3n) is 5.19. The number of hydrogen-bond acceptors (Lipinski definition) is 6. The van der Waals surface area contributed by atoms with Gasteiger partial charge in [-0.25, -0.2) is 5.43 Å². The van der Waals surface area contributed by atoms with Gasteiger partial charge >= 0.3 is 0 Å². The molecule has 0 aromatic heterocycles. The van der Waals surface area contributed by atoms with E-state index in [2.05, 4.69) is 15.8 Å². The van der Waals surface area contributed by atoms with E-state index < -0.39 is 17.9 Å². The van der Waals surface area contributed by atoms with E-state index in [0.717, 1.165) is 10.8 Å². The molecule has 4 rings (SSSR count). The molecule has 0 saturated heterocycles. The maximum absolute atomic E-state index is 12.7. The van der Waals surface area contributed by atoms with Crippen LogP contribution in [0.25, 0.3) is 10.8 Å². The minimum absolute atomic E-state index is 0.0539. The number of phenolic OH excluding ortho intramolecular Hbond substituents is 1. The molecule has 0 fully saturated rings. The summed E-state index contributed by atoms with van der Waals surface area (Å²) in [5.74, 6) is 0.0543. The van der Waals surface area contributed by atoms with E-state index in [0.29, 0.717) is 22.6 Å². The number of benzene rings is 3. The monoisotopic (exact) mass is 433 g/mol. The second-order valence-electron chi connectivity index (χ2n) is 7.72. The van der Waals surface area contributed by atoms with E-state index in [-0.39, 0.29) is 18.5 Å². The molecule has 8 nitrogen and oxygen atoms in total. The van der Waals surface area contributed by atoms with Crippen LogP contribution in [0.2, 0.25) is 0 Å². The Morgan fingerprint density at radius 3 is 2.66 bits per heavy atom. The van der Waals surface area contributed by atoms with Crippen LogP contribution in [-0.4, -0.2) is 36.0 Å². The van der Waals surface area contributed by atoms with Crippen molar-refractivity contribution >= 4 is 28.8 Å². The standard InChI is InChI=1S/C24H23N3O5/c1-14(2)22(26-23(29)16-8-10-20-21(11-16)32-13-31-20)24(30)27-25-12-18-17-6-4-3-5-15(17)7-9-19(18)28/h3-12,14,22,28H,13H2,1-2H3,(H,26,29)(H,27,30)/b25-12+/t22-/m0/s1. The predicted octanol–water partition coefficient (Wildman–Crippen LogP) is 3.18. The Bertz CT molecular complexity index is 1210. The summed E-state index contributed by atoms with van der Waals surface area (Å²) in [6, 6.07) is 15.0. The Hall–Kier alpha value is -4.07. The largest absolute Gasteiger partial charge is 0.507 e. The van der Waals surface area contributed by atoms with Gasteiger partial charge in [-0.15, -0.1) is 0 Å². The number of nitrogens with one attached hydrogen (secondary N) is 2. The summed E-state index contributed by atoms with van der Waals surface area (Å²) in [6.07, 6.45) is 1.40. The average molecular weight is 433 g/mol. The van der Waals surface area contributed by atoms with Crippen LogP contribution in [0.1, 0.15) is 29.8 Å². The molecule has 0 unspecified atom stereocenters. The normalized spacial score (nSPS) is 13.5. The lowest BCUT2D eigenvalue weighted by molar-refractivity contribution is -0.123. The van der Waals surface area contributed by atoms with Crippen molar-refractivity contribution in [3.63, 3.8) is 0 Å². The summed E-state index contributed by atoms with van der Waals surface area (Å²) in [5.41, 5.74) is 3.32. The number of phenols is 1. The number of aromatic hydroxyl groups is 1. The van der Waals surface area contributed by atoms with Gasteiger partial charge in [0.2, 0.25) is 6.79 Å². The van der Waals surface area contributed by atoms with Crippen molar-refractivity contribution in [2.45, 2.75) is 19.9 Å². The van der Waals surface area contributed by atoms with Crippen LogP contribution >= 0.6 is 0 Å². The first-order chi connectivity index (χ1) is 15.4. The molecule has 0 saturated carbocycles. The average Bonchev–Trinajstić information content (AvgIpc) is 3.26. The summed E-state index contributed by atoms with van der Waals surface area (Å²) in [4.78, 5) is 25.4. The molecule has 3 N–H and O–H groups in total. The van der Waals surface area contributed by atoms with Gasteiger partial charge < -0.3 is 19.9 Å². The van der Waals surface area contributed by atoms with Crippen LogP contribution in [0.15, 0.2) is 59.7 Å². The van der Waals surface area contributed by atoms with Crippen molar-refractivity contribution in [2.24, 2.45) is 11.0 Å². The Morgan fingerprint density at radius 2 is 1.84 bits per heavy atom. The van der Waals surface area contributed by atoms with Crippen LogP contribution in [0, 0.1) is 5.92 Å². The molecular formula is C24H23N3O5. The van der Waals surface area contributed by atoms with Crippen LogP contribution < -0.4 is 20.2 Å². The first kappa shape index (κ1) is 21.2. The molecule has 2 amide bonds. The fourth-order valence-corrected chi connectivity index (χ4v) is 3.45. The van der Waals surface area contributed by atoms with Crippen molar-refractivity contribution in [1.82, 2.24) is 10.7 Å². The Labute approximate surface area is 184 Å². The molecule has 0 radical (unpaired) electrons. The van der Waals surface area contributed by atoms with Gasteiger partial charge in [-0.1, -0.05) is 44.2 Å². The van der Waals surface area contributed by atoms with E-state index >= 15 is 0 Å². The number of hydrazone groups is 1. The molecule has 3 aromatic carbocycles. The highest BCUT2D eigenvalue weighted by Gasteiger charge is 2.25. The van der Waals surface area contributed by atoms with Crippen molar-refractivity contribution in [3.05, 3.63) is 65.7 Å². The minimum Gasteiger partial charge on any atom is -0.507 e. The van der Waals surface area contributed by atoms with Gasteiger partial charge in [-0.3, -0.25) is 9.59 Å². The van der Waals surface area contributed by atoms with E-state index in [9.17, 15) is 14.7 Å². The number of carbonyl (C=O) groups is 2. The van der Waals surface area contributed by atoms with Crippen LogP contribution in [0.3, 0.4) is 0 Å². The maximum Gasteiger partial charge on any atom is 0.262 e. The van der Waals surface area contributed by atoms with Crippen LogP contribution in [0.4, 0.5) is 0 Å². The molecule has 164 valence electrons. The number of amides is 2. The fraction of sp³-hybridized carbons (Fsp3) is 0.208. The maximum atomic E-state index is 12.7. The topological polar surface area (TPSA) is 109 Å². The molecule has 8 heteroatoms. The van der Waals surface area contributed by atoms with Gasteiger partial charge in [0.05, 0.1) is 6.21 Å². The predicted molar refractivity (Wildman–Crippen MR) is 120 cm³/mol. The minimum atomic E-state index is -0.814. The highest BCUT2D eigenvalue weighted by molar-refractivity contribution is 6.03. The highest BCUT2D eigenvalue weighted by atomic mass is 16.7. The van der Waals surface area contributed by atoms with E-state index in [1.165, 1.54) is 6.21 Å². The summed E-state index contributed by atoms with van der Waals surface area (Å²) >= 11 is 0. The molecular weight excluding hydrogens is 410 g/mol. The van der Waals surface area contributed by atoms with Crippen molar-refractivity contribution < 1.29 is 24.2 Å². The molecule has 0 bridgehead atoms. The smallest absolute Gasteiger partial charge is 0.262 e. The first-order valence-corrected chi connectivity index (χ1v) is 10.2. The lowest BCUT2D eigenvalue weighted by Crippen LogP contribution is -2.48. The fourth-order valence-electron chi connectivity index (χ4n) is 3.45. The van der Waals surface area contributed by atoms with Gasteiger partial charge in [0, 0.05) is 11.1 Å². The first-order valence-electron chi connectivity index (χ1n) is 10.2. The third kappa shape index (κ3) is 4.34. The molecule has 1 heterocycles. The molecule has 0 spiro atoms. The zero-order valence-corrected chi connectivity index (χ0v) is 17.7. The van der Waals surface area contributed by atoms with Gasteiger partial charge in [-0.2, -0.15) is 5.10 Å². The summed E-state index contributed by atoms with van der Waals surface area (Å²) < 4.78 is 10.6. The number of rotatable bonds is 6. The van der Waals surface area contributed by atoms with Crippen LogP contribution in [0.5, 0.6) is 17.2 Å². The van der Waals surface area contributed by atoms with E-state index in [1.54, 1.807) is 30.3 Å². The molecule has 1 aliphatic heterocycles. The third-order valence-corrected chi connectivity index (χ3v) is 5.19. The van der Waals surface area contributed by atoms with Gasteiger partial charge in [0.1, 0.15) is 11.8 Å². The van der Waals surface area contributed by atoms with Crippen molar-refractivity contribution in [3.8, 4) is 17.2 Å². The number of carbonyl (C=O) groups excluding carboxylic acids is 2. The molecule has 3 aromatic rings. The quantitative estimate of drug-likeness (QED) is 0.409. The molecule has 0 aliphatic carbocycles. The number of fused-ring (bicyclic) bond motifs is 2. The van der Waals surface area contributed by atoms with E-state index in [4.69, 9.17) is 9.47 Å². The van der Waals surface area contributed by atoms with Gasteiger partial charge in [0.15, 0.2) is 11.5 Å². The summed E-state index contributed by atoms with van der Waals surface area (Å²) in [5, 5.41) is 18.7.